The van der Waals surface area contributed by atoms with Crippen LogP contribution in [0.5, 0.6) is 0 Å². The van der Waals surface area contributed by atoms with Crippen LogP contribution in [0.15, 0.2) is 134 Å². The average molecular weight is 710 g/mol. The molecule has 4 aliphatic carbocycles. The molecule has 202 valence electrons. The van der Waals surface area contributed by atoms with Crippen LogP contribution in [-0.4, -0.2) is 9.97 Å². The number of rotatable bonds is 3. The quantitative estimate of drug-likeness (QED) is 0.172. The Labute approximate surface area is 257 Å². The third kappa shape index (κ3) is 7.34. The number of nitrogens with zero attached hydrogens (tertiary/aromatic N) is 2. The second-order valence-electron chi connectivity index (χ2n) is 10.0. The Kier molecular flexibility index (Phi) is 9.68. The minimum atomic E-state index is 0. The zero-order valence-electron chi connectivity index (χ0n) is 22.7. The fraction of sp³-hybridized carbons (Fsp3) is 0.105. The molecule has 10 rings (SSSR count). The Bertz CT molecular complexity index is 1630. The van der Waals surface area contributed by atoms with E-state index in [2.05, 4.69) is 82.8 Å². The SMILES string of the molecule is [Pt+2].[c-]1ccccc1-c1cc(-c2cc3ccc2CCc2ccc(cc2)CC3)ccn1.[c-]1ccccc1-c1ccccn1. The summed E-state index contributed by atoms with van der Waals surface area (Å²) in [5.41, 5.74) is 12.2. The van der Waals surface area contributed by atoms with Gasteiger partial charge in [0.15, 0.2) is 0 Å². The molecule has 6 aromatic rings. The van der Waals surface area contributed by atoms with Crippen LogP contribution in [0.1, 0.15) is 22.3 Å². The zero-order valence-corrected chi connectivity index (χ0v) is 25.0. The third-order valence-electron chi connectivity index (χ3n) is 7.29. The first-order chi connectivity index (χ1) is 19.8. The zero-order chi connectivity index (χ0) is 27.0. The van der Waals surface area contributed by atoms with Gasteiger partial charge in [-0.15, -0.1) is 71.8 Å². The predicted octanol–water partition coefficient (Wildman–Crippen LogP) is 8.65. The Morgan fingerprint density at radius 1 is 0.488 bits per heavy atom. The summed E-state index contributed by atoms with van der Waals surface area (Å²) < 4.78 is 0. The molecule has 0 saturated carbocycles. The second-order valence-corrected chi connectivity index (χ2v) is 10.0. The fourth-order valence-corrected chi connectivity index (χ4v) is 5.08. The Morgan fingerprint density at radius 2 is 1.10 bits per heavy atom. The van der Waals surface area contributed by atoms with Crippen molar-refractivity contribution in [3.05, 3.63) is 168 Å². The molecule has 0 saturated heterocycles. The Balaban J connectivity index is 0.000000218. The maximum Gasteiger partial charge on any atom is 2.00 e. The van der Waals surface area contributed by atoms with Gasteiger partial charge in [-0.2, -0.15) is 0 Å². The van der Waals surface area contributed by atoms with Gasteiger partial charge < -0.3 is 9.97 Å². The van der Waals surface area contributed by atoms with Gasteiger partial charge in [0.05, 0.1) is 0 Å². The smallest absolute Gasteiger partial charge is 0.305 e. The van der Waals surface area contributed by atoms with Crippen LogP contribution in [0.4, 0.5) is 0 Å². The van der Waals surface area contributed by atoms with Crippen LogP contribution in [0, 0.1) is 12.1 Å². The molecule has 4 aliphatic rings. The molecule has 0 spiro atoms. The van der Waals surface area contributed by atoms with Gasteiger partial charge in [-0.1, -0.05) is 60.7 Å². The molecular weight excluding hydrogens is 680 g/mol. The van der Waals surface area contributed by atoms with Crippen molar-refractivity contribution in [2.75, 3.05) is 0 Å². The number of hydrogen-bond donors (Lipinski definition) is 0. The molecule has 2 aromatic heterocycles. The minimum absolute atomic E-state index is 0. The largest absolute Gasteiger partial charge is 2.00 e. The van der Waals surface area contributed by atoms with Crippen LogP contribution in [0.25, 0.3) is 33.6 Å². The number of pyridine rings is 2. The van der Waals surface area contributed by atoms with Gasteiger partial charge in [0.25, 0.3) is 0 Å². The maximum absolute atomic E-state index is 4.58. The summed E-state index contributed by atoms with van der Waals surface area (Å²) in [6.45, 7) is 0. The van der Waals surface area contributed by atoms with E-state index in [0.717, 1.165) is 48.2 Å². The first-order valence-electron chi connectivity index (χ1n) is 13.8. The molecule has 2 heterocycles. The molecule has 2 nitrogen and oxygen atoms in total. The number of aryl methyl sites for hydroxylation is 4. The van der Waals surface area contributed by atoms with Crippen LogP contribution in [0.2, 0.25) is 0 Å². The fourth-order valence-electron chi connectivity index (χ4n) is 5.08. The van der Waals surface area contributed by atoms with E-state index in [4.69, 9.17) is 0 Å². The topological polar surface area (TPSA) is 25.8 Å². The molecule has 0 amide bonds. The molecule has 0 unspecified atom stereocenters. The monoisotopic (exact) mass is 709 g/mol. The maximum atomic E-state index is 4.58. The molecule has 3 heteroatoms. The van der Waals surface area contributed by atoms with E-state index in [0.29, 0.717) is 0 Å². The van der Waals surface area contributed by atoms with Crippen molar-refractivity contribution in [1.29, 1.82) is 0 Å². The van der Waals surface area contributed by atoms with E-state index in [9.17, 15) is 0 Å². The first-order valence-corrected chi connectivity index (χ1v) is 13.8. The van der Waals surface area contributed by atoms with Gasteiger partial charge in [-0.25, -0.2) is 0 Å². The van der Waals surface area contributed by atoms with Crippen molar-refractivity contribution in [3.8, 4) is 33.6 Å². The van der Waals surface area contributed by atoms with E-state index in [1.807, 2.05) is 66.9 Å². The molecule has 0 atom stereocenters. The number of benzene rings is 4. The Hall–Kier alpha value is -4.13. The van der Waals surface area contributed by atoms with E-state index in [1.165, 1.54) is 33.4 Å². The van der Waals surface area contributed by atoms with Crippen LogP contribution in [0.3, 0.4) is 0 Å². The molecule has 4 bridgehead atoms. The first kappa shape index (κ1) is 28.4. The summed E-state index contributed by atoms with van der Waals surface area (Å²) in [6, 6.07) is 48.7. The van der Waals surface area contributed by atoms with Gasteiger partial charge in [-0.05, 0) is 82.6 Å². The molecular formula is C38H30N2Pt. The van der Waals surface area contributed by atoms with Crippen LogP contribution >= 0.6 is 0 Å². The van der Waals surface area contributed by atoms with E-state index < -0.39 is 0 Å². The van der Waals surface area contributed by atoms with E-state index in [-0.39, 0.29) is 21.1 Å². The summed E-state index contributed by atoms with van der Waals surface area (Å²) in [4.78, 5) is 8.80. The van der Waals surface area contributed by atoms with Gasteiger partial charge >= 0.3 is 21.1 Å². The third-order valence-corrected chi connectivity index (χ3v) is 7.29. The summed E-state index contributed by atoms with van der Waals surface area (Å²) in [6.07, 6.45) is 7.97. The molecule has 0 radical (unpaired) electrons. The van der Waals surface area contributed by atoms with Crippen LogP contribution < -0.4 is 0 Å². The van der Waals surface area contributed by atoms with Crippen molar-refractivity contribution in [1.82, 2.24) is 9.97 Å². The van der Waals surface area contributed by atoms with Crippen molar-refractivity contribution in [3.63, 3.8) is 0 Å². The van der Waals surface area contributed by atoms with Crippen LogP contribution in [-0.2, 0) is 46.7 Å². The summed E-state index contributed by atoms with van der Waals surface area (Å²) in [5.74, 6) is 0. The van der Waals surface area contributed by atoms with E-state index in [1.54, 1.807) is 6.20 Å². The Morgan fingerprint density at radius 3 is 1.76 bits per heavy atom. The van der Waals surface area contributed by atoms with Gasteiger partial charge in [0.2, 0.25) is 0 Å². The van der Waals surface area contributed by atoms with E-state index >= 15 is 0 Å². The van der Waals surface area contributed by atoms with Crippen molar-refractivity contribution in [2.45, 2.75) is 25.7 Å². The molecule has 0 N–H and O–H groups in total. The van der Waals surface area contributed by atoms with Gasteiger partial charge in [-0.3, -0.25) is 0 Å². The average Bonchev–Trinajstić information content (AvgIpc) is 3.04. The van der Waals surface area contributed by atoms with Gasteiger partial charge in [0, 0.05) is 12.4 Å². The molecule has 0 aliphatic heterocycles. The standard InChI is InChI=1S/C27H22N.C11H8N.Pt/c1-2-4-24(5-3-1)27-19-25(16-17-28-27)26-18-22-11-10-20-6-8-21(9-7-20)12-14-23(26)15-13-22;1-2-6-10(7-3-1)11-8-4-5-9-12-11;/h1-4,6-9,13,15-19H,10-12,14H2;1-6,8-9H;/q2*-1;+2. The predicted molar refractivity (Wildman–Crippen MR) is 164 cm³/mol. The normalized spacial score (nSPS) is 11.8. The minimum Gasteiger partial charge on any atom is -0.305 e. The van der Waals surface area contributed by atoms with Crippen molar-refractivity contribution >= 4 is 0 Å². The molecule has 41 heavy (non-hydrogen) atoms. The summed E-state index contributed by atoms with van der Waals surface area (Å²) >= 11 is 0. The number of aromatic nitrogens is 2. The summed E-state index contributed by atoms with van der Waals surface area (Å²) in [7, 11) is 0. The number of hydrogen-bond acceptors (Lipinski definition) is 2. The molecule has 0 fully saturated rings. The van der Waals surface area contributed by atoms with Crippen molar-refractivity contribution in [2.24, 2.45) is 0 Å². The van der Waals surface area contributed by atoms with Gasteiger partial charge in [0.1, 0.15) is 0 Å². The second kappa shape index (κ2) is 14.0. The summed E-state index contributed by atoms with van der Waals surface area (Å²) in [5, 5.41) is 0. The molecule has 4 aromatic carbocycles. The van der Waals surface area contributed by atoms with Crippen molar-refractivity contribution < 1.29 is 21.1 Å².